The van der Waals surface area contributed by atoms with E-state index < -0.39 is 5.56 Å². The second-order valence-corrected chi connectivity index (χ2v) is 7.09. The van der Waals surface area contributed by atoms with Crippen LogP contribution in [-0.4, -0.2) is 27.9 Å². The summed E-state index contributed by atoms with van der Waals surface area (Å²) in [4.78, 5) is 43.8. The summed E-state index contributed by atoms with van der Waals surface area (Å²) in [7, 11) is 0. The van der Waals surface area contributed by atoms with Gasteiger partial charge in [0.2, 0.25) is 17.6 Å². The van der Waals surface area contributed by atoms with Gasteiger partial charge in [-0.3, -0.25) is 23.9 Å². The van der Waals surface area contributed by atoms with Crippen molar-refractivity contribution in [2.75, 3.05) is 16.8 Å². The smallest absolute Gasteiger partial charge is 0.294 e. The van der Waals surface area contributed by atoms with E-state index in [0.717, 1.165) is 23.2 Å². The number of amides is 2. The highest BCUT2D eigenvalue weighted by Crippen LogP contribution is 2.21. The SMILES string of the molecule is CCc1cccc(C)c1NC(=O)Cn1c(=O)c(N(CC)C(C)=O)nc2ccccc21. The standard InChI is InChI=1S/C23H26N4O3/c1-5-17-11-9-10-15(3)21(17)25-20(29)14-27-19-13-8-7-12-18(19)24-22(23(27)30)26(6-2)16(4)28/h7-13H,5-6,14H2,1-4H3,(H,25,29). The maximum absolute atomic E-state index is 13.2. The minimum atomic E-state index is -0.471. The molecule has 0 spiro atoms. The number of aromatic nitrogens is 2. The number of aryl methyl sites for hydroxylation is 2. The van der Waals surface area contributed by atoms with Crippen LogP contribution < -0.4 is 15.8 Å². The molecule has 3 rings (SSSR count). The van der Waals surface area contributed by atoms with Gasteiger partial charge in [0.25, 0.3) is 5.56 Å². The lowest BCUT2D eigenvalue weighted by atomic mass is 10.1. The molecule has 0 radical (unpaired) electrons. The Kier molecular flexibility index (Phi) is 6.30. The molecule has 0 fully saturated rings. The first kappa shape index (κ1) is 21.2. The molecule has 30 heavy (non-hydrogen) atoms. The molecular weight excluding hydrogens is 380 g/mol. The van der Waals surface area contributed by atoms with Crippen molar-refractivity contribution in [1.82, 2.24) is 9.55 Å². The van der Waals surface area contributed by atoms with E-state index in [9.17, 15) is 14.4 Å². The number of fused-ring (bicyclic) bond motifs is 1. The molecule has 7 nitrogen and oxygen atoms in total. The number of carbonyl (C=O) groups is 2. The molecule has 1 N–H and O–H groups in total. The van der Waals surface area contributed by atoms with Gasteiger partial charge in [0.05, 0.1) is 11.0 Å². The van der Waals surface area contributed by atoms with E-state index in [2.05, 4.69) is 10.3 Å². The summed E-state index contributed by atoms with van der Waals surface area (Å²) in [5.41, 5.74) is 3.39. The molecule has 2 aromatic carbocycles. The number of nitrogens with one attached hydrogen (secondary N) is 1. The van der Waals surface area contributed by atoms with Crippen LogP contribution in [0.1, 0.15) is 31.9 Å². The molecular formula is C23H26N4O3. The molecule has 0 aliphatic rings. The molecule has 0 aliphatic carbocycles. The van der Waals surface area contributed by atoms with Gasteiger partial charge >= 0.3 is 0 Å². The first-order valence-electron chi connectivity index (χ1n) is 10.0. The monoisotopic (exact) mass is 406 g/mol. The van der Waals surface area contributed by atoms with Gasteiger partial charge in [0.15, 0.2) is 0 Å². The van der Waals surface area contributed by atoms with Crippen LogP contribution in [0.3, 0.4) is 0 Å². The lowest BCUT2D eigenvalue weighted by Crippen LogP contribution is -2.38. The van der Waals surface area contributed by atoms with Crippen LogP contribution in [0.2, 0.25) is 0 Å². The van der Waals surface area contributed by atoms with Gasteiger partial charge in [-0.1, -0.05) is 37.3 Å². The second kappa shape index (κ2) is 8.90. The predicted octanol–water partition coefficient (Wildman–Crippen LogP) is 3.28. The fourth-order valence-electron chi connectivity index (χ4n) is 3.56. The Labute approximate surface area is 175 Å². The van der Waals surface area contributed by atoms with Crippen LogP contribution in [0, 0.1) is 6.92 Å². The van der Waals surface area contributed by atoms with Gasteiger partial charge < -0.3 is 5.32 Å². The number of benzene rings is 2. The quantitative estimate of drug-likeness (QED) is 0.681. The van der Waals surface area contributed by atoms with E-state index in [1.54, 1.807) is 31.2 Å². The molecule has 2 amide bonds. The first-order chi connectivity index (χ1) is 14.4. The molecule has 0 saturated heterocycles. The molecule has 1 heterocycles. The second-order valence-electron chi connectivity index (χ2n) is 7.09. The van der Waals surface area contributed by atoms with Gasteiger partial charge in [0.1, 0.15) is 6.54 Å². The normalized spacial score (nSPS) is 10.8. The molecule has 156 valence electrons. The third-order valence-corrected chi connectivity index (χ3v) is 5.09. The summed E-state index contributed by atoms with van der Waals surface area (Å²) < 4.78 is 1.38. The average Bonchev–Trinajstić information content (AvgIpc) is 2.72. The first-order valence-corrected chi connectivity index (χ1v) is 10.0. The van der Waals surface area contributed by atoms with Crippen molar-refractivity contribution in [3.05, 3.63) is 63.9 Å². The Balaban J connectivity index is 2.05. The molecule has 1 aromatic heterocycles. The highest BCUT2D eigenvalue weighted by molar-refractivity contribution is 5.94. The lowest BCUT2D eigenvalue weighted by Gasteiger charge is -2.20. The number of hydrogen-bond donors (Lipinski definition) is 1. The van der Waals surface area contributed by atoms with Gasteiger partial charge in [-0.05, 0) is 43.5 Å². The van der Waals surface area contributed by atoms with Crippen LogP contribution in [0.5, 0.6) is 0 Å². The summed E-state index contributed by atoms with van der Waals surface area (Å²) in [6, 6.07) is 13.0. The number of para-hydroxylation sites is 3. The summed E-state index contributed by atoms with van der Waals surface area (Å²) in [6.45, 7) is 7.26. The minimum Gasteiger partial charge on any atom is -0.324 e. The molecule has 0 aliphatic heterocycles. The van der Waals surface area contributed by atoms with E-state index in [0.29, 0.717) is 17.6 Å². The van der Waals surface area contributed by atoms with Crippen molar-refractivity contribution in [3.8, 4) is 0 Å². The van der Waals surface area contributed by atoms with Crippen molar-refractivity contribution in [2.45, 2.75) is 40.7 Å². The van der Waals surface area contributed by atoms with E-state index in [4.69, 9.17) is 0 Å². The molecule has 7 heteroatoms. The molecule has 0 unspecified atom stereocenters. The number of rotatable bonds is 6. The molecule has 3 aromatic rings. The fraction of sp³-hybridized carbons (Fsp3) is 0.304. The Hall–Kier alpha value is -3.48. The molecule has 0 saturated carbocycles. The molecule has 0 bridgehead atoms. The van der Waals surface area contributed by atoms with Gasteiger partial charge in [-0.15, -0.1) is 0 Å². The zero-order valence-electron chi connectivity index (χ0n) is 17.7. The van der Waals surface area contributed by atoms with Crippen LogP contribution >= 0.6 is 0 Å². The Morgan fingerprint density at radius 1 is 1.10 bits per heavy atom. The third kappa shape index (κ3) is 4.10. The maximum atomic E-state index is 13.2. The summed E-state index contributed by atoms with van der Waals surface area (Å²) in [6.07, 6.45) is 0.781. The van der Waals surface area contributed by atoms with Gasteiger partial charge in [-0.25, -0.2) is 4.98 Å². The van der Waals surface area contributed by atoms with E-state index in [1.807, 2.05) is 32.0 Å². The molecule has 0 atom stereocenters. The van der Waals surface area contributed by atoms with Gasteiger partial charge in [0, 0.05) is 19.2 Å². The van der Waals surface area contributed by atoms with Crippen LogP contribution in [-0.2, 0) is 22.6 Å². The van der Waals surface area contributed by atoms with Crippen molar-refractivity contribution >= 4 is 34.4 Å². The Bertz CT molecular complexity index is 1170. The Morgan fingerprint density at radius 3 is 2.50 bits per heavy atom. The average molecular weight is 406 g/mol. The largest absolute Gasteiger partial charge is 0.324 e. The minimum absolute atomic E-state index is 0.0293. The Morgan fingerprint density at radius 2 is 1.83 bits per heavy atom. The zero-order chi connectivity index (χ0) is 21.8. The van der Waals surface area contributed by atoms with Crippen molar-refractivity contribution in [1.29, 1.82) is 0 Å². The summed E-state index contributed by atoms with van der Waals surface area (Å²) in [5.74, 6) is -0.559. The lowest BCUT2D eigenvalue weighted by molar-refractivity contribution is -0.117. The highest BCUT2D eigenvalue weighted by atomic mass is 16.2. The van der Waals surface area contributed by atoms with Crippen molar-refractivity contribution in [3.63, 3.8) is 0 Å². The van der Waals surface area contributed by atoms with Crippen molar-refractivity contribution < 1.29 is 9.59 Å². The van der Waals surface area contributed by atoms with Crippen LogP contribution in [0.15, 0.2) is 47.3 Å². The zero-order valence-corrected chi connectivity index (χ0v) is 17.7. The summed E-state index contributed by atoms with van der Waals surface area (Å²) in [5, 5.41) is 2.96. The van der Waals surface area contributed by atoms with Crippen molar-refractivity contribution in [2.24, 2.45) is 0 Å². The van der Waals surface area contributed by atoms with E-state index in [1.165, 1.54) is 16.4 Å². The summed E-state index contributed by atoms with van der Waals surface area (Å²) >= 11 is 0. The third-order valence-electron chi connectivity index (χ3n) is 5.09. The van der Waals surface area contributed by atoms with E-state index >= 15 is 0 Å². The topological polar surface area (TPSA) is 84.3 Å². The number of nitrogens with zero attached hydrogens (tertiary/aromatic N) is 3. The number of hydrogen-bond acceptors (Lipinski definition) is 4. The number of carbonyl (C=O) groups excluding carboxylic acids is 2. The predicted molar refractivity (Wildman–Crippen MR) is 119 cm³/mol. The maximum Gasteiger partial charge on any atom is 0.294 e. The van der Waals surface area contributed by atoms with E-state index in [-0.39, 0.29) is 24.2 Å². The fourth-order valence-corrected chi connectivity index (χ4v) is 3.56. The number of anilines is 2. The highest BCUT2D eigenvalue weighted by Gasteiger charge is 2.20. The van der Waals surface area contributed by atoms with Crippen LogP contribution in [0.4, 0.5) is 11.5 Å². The van der Waals surface area contributed by atoms with Gasteiger partial charge in [-0.2, -0.15) is 0 Å². The van der Waals surface area contributed by atoms with Crippen LogP contribution in [0.25, 0.3) is 11.0 Å².